The fourth-order valence-electron chi connectivity index (χ4n) is 2.51. The number of carbonyl (C=O) groups excluding carboxylic acids is 1. The zero-order chi connectivity index (χ0) is 15.8. The van der Waals surface area contributed by atoms with Gasteiger partial charge in [-0.15, -0.1) is 0 Å². The van der Waals surface area contributed by atoms with Crippen LogP contribution in [0, 0.1) is 17.7 Å². The lowest BCUT2D eigenvalue weighted by Gasteiger charge is -2.35. The normalized spacial score (nSPS) is 23.2. The van der Waals surface area contributed by atoms with Crippen molar-refractivity contribution in [1.82, 2.24) is 4.90 Å². The maximum atomic E-state index is 13.2. The molecule has 0 N–H and O–H groups in total. The Bertz CT molecular complexity index is 541. The Balaban J connectivity index is 2.24. The van der Waals surface area contributed by atoms with Crippen LogP contribution in [0.2, 0.25) is 0 Å². The van der Waals surface area contributed by atoms with Gasteiger partial charge in [0.2, 0.25) is 0 Å². The molecule has 0 bridgehead atoms. The van der Waals surface area contributed by atoms with Gasteiger partial charge >= 0.3 is 6.18 Å². The third kappa shape index (κ3) is 3.36. The molecule has 1 aliphatic heterocycles. The summed E-state index contributed by atoms with van der Waals surface area (Å²) < 4.78 is 51.3. The van der Waals surface area contributed by atoms with Gasteiger partial charge in [0.05, 0.1) is 5.56 Å². The maximum Gasteiger partial charge on any atom is 0.419 e. The summed E-state index contributed by atoms with van der Waals surface area (Å²) in [4.78, 5) is 13.8. The number of nitrogens with zero attached hydrogens (tertiary/aromatic N) is 1. The van der Waals surface area contributed by atoms with Crippen molar-refractivity contribution in [3.05, 3.63) is 35.1 Å². The molecule has 1 saturated heterocycles. The number of halogens is 4. The highest BCUT2D eigenvalue weighted by Crippen LogP contribution is 2.32. The quantitative estimate of drug-likeness (QED) is 0.719. The lowest BCUT2D eigenvalue weighted by molar-refractivity contribution is -0.140. The molecule has 2 rings (SSSR count). The topological polar surface area (TPSA) is 20.3 Å². The highest BCUT2D eigenvalue weighted by atomic mass is 19.4. The van der Waals surface area contributed by atoms with E-state index in [0.717, 1.165) is 12.5 Å². The van der Waals surface area contributed by atoms with Gasteiger partial charge in [-0.2, -0.15) is 13.2 Å². The molecule has 0 spiro atoms. The molecule has 2 atom stereocenters. The number of likely N-dealkylation sites (tertiary alicyclic amines) is 1. The Kier molecular flexibility index (Phi) is 4.25. The molecule has 1 amide bonds. The predicted molar refractivity (Wildman–Crippen MR) is 70.3 cm³/mol. The van der Waals surface area contributed by atoms with E-state index in [2.05, 4.69) is 6.92 Å². The summed E-state index contributed by atoms with van der Waals surface area (Å²) in [7, 11) is 0. The minimum atomic E-state index is -4.80. The first-order chi connectivity index (χ1) is 9.70. The molecule has 1 fully saturated rings. The second-order valence-corrected chi connectivity index (χ2v) is 5.69. The Hall–Kier alpha value is -1.59. The Morgan fingerprint density at radius 3 is 2.48 bits per heavy atom. The molecule has 6 heteroatoms. The van der Waals surface area contributed by atoms with E-state index in [1.165, 1.54) is 4.90 Å². The average molecular weight is 303 g/mol. The first kappa shape index (κ1) is 15.8. The summed E-state index contributed by atoms with van der Waals surface area (Å²) in [6.45, 7) is 5.13. The first-order valence-electron chi connectivity index (χ1n) is 6.86. The van der Waals surface area contributed by atoms with Crippen LogP contribution in [0.5, 0.6) is 0 Å². The minimum Gasteiger partial charge on any atom is -0.338 e. The van der Waals surface area contributed by atoms with E-state index < -0.39 is 23.5 Å². The van der Waals surface area contributed by atoms with Crippen molar-refractivity contribution in [3.63, 3.8) is 0 Å². The summed E-state index contributed by atoms with van der Waals surface area (Å²) >= 11 is 0. The molecule has 1 aromatic carbocycles. The van der Waals surface area contributed by atoms with Crippen molar-refractivity contribution >= 4 is 5.91 Å². The van der Waals surface area contributed by atoms with E-state index >= 15 is 0 Å². The highest BCUT2D eigenvalue weighted by Gasteiger charge is 2.35. The van der Waals surface area contributed by atoms with Gasteiger partial charge in [-0.1, -0.05) is 13.8 Å². The van der Waals surface area contributed by atoms with Crippen LogP contribution in [0.25, 0.3) is 0 Å². The van der Waals surface area contributed by atoms with Crippen molar-refractivity contribution in [1.29, 1.82) is 0 Å². The summed E-state index contributed by atoms with van der Waals surface area (Å²) in [5, 5.41) is 0. The van der Waals surface area contributed by atoms with Crippen LogP contribution < -0.4 is 0 Å². The van der Waals surface area contributed by atoms with E-state index in [-0.39, 0.29) is 5.56 Å². The molecule has 116 valence electrons. The lowest BCUT2D eigenvalue weighted by Crippen LogP contribution is -2.42. The van der Waals surface area contributed by atoms with Gasteiger partial charge in [-0.05, 0) is 36.5 Å². The summed E-state index contributed by atoms with van der Waals surface area (Å²) in [5.41, 5.74) is -1.52. The Morgan fingerprint density at radius 1 is 1.24 bits per heavy atom. The molecule has 2 nitrogen and oxygen atoms in total. The predicted octanol–water partition coefficient (Wildman–Crippen LogP) is 3.96. The van der Waals surface area contributed by atoms with Crippen molar-refractivity contribution in [2.24, 2.45) is 11.8 Å². The minimum absolute atomic E-state index is 0.120. The van der Waals surface area contributed by atoms with E-state index in [4.69, 9.17) is 0 Å². The van der Waals surface area contributed by atoms with Crippen LogP contribution in [-0.4, -0.2) is 23.9 Å². The summed E-state index contributed by atoms with van der Waals surface area (Å²) in [6, 6.07) is 2.40. The fraction of sp³-hybridized carbons (Fsp3) is 0.533. The zero-order valence-corrected chi connectivity index (χ0v) is 11.9. The number of hydrogen-bond acceptors (Lipinski definition) is 1. The fourth-order valence-corrected chi connectivity index (χ4v) is 2.51. The number of carbonyl (C=O) groups is 1. The number of rotatable bonds is 1. The van der Waals surface area contributed by atoms with Crippen molar-refractivity contribution in [3.8, 4) is 0 Å². The molecular formula is C15H17F4NO. The van der Waals surface area contributed by atoms with Crippen molar-refractivity contribution < 1.29 is 22.4 Å². The van der Waals surface area contributed by atoms with Gasteiger partial charge in [0.1, 0.15) is 5.82 Å². The largest absolute Gasteiger partial charge is 0.419 e. The molecule has 1 heterocycles. The van der Waals surface area contributed by atoms with E-state index in [9.17, 15) is 22.4 Å². The van der Waals surface area contributed by atoms with Crippen LogP contribution in [0.4, 0.5) is 17.6 Å². The molecule has 21 heavy (non-hydrogen) atoms. The molecule has 0 saturated carbocycles. The van der Waals surface area contributed by atoms with E-state index in [1.54, 1.807) is 0 Å². The van der Waals surface area contributed by atoms with Crippen LogP contribution in [-0.2, 0) is 6.18 Å². The molecule has 0 aliphatic carbocycles. The standard InChI is InChI=1S/C15H17F4NO/c1-9-5-6-20(8-10(9)2)14(21)11-3-4-13(16)12(7-11)15(17,18)19/h3-4,7,9-10H,5-6,8H2,1-2H3. The Morgan fingerprint density at radius 2 is 1.90 bits per heavy atom. The van der Waals surface area contributed by atoms with Crippen LogP contribution in [0.1, 0.15) is 36.2 Å². The first-order valence-corrected chi connectivity index (χ1v) is 6.86. The smallest absolute Gasteiger partial charge is 0.338 e. The molecule has 0 aromatic heterocycles. The van der Waals surface area contributed by atoms with Gasteiger partial charge in [0.25, 0.3) is 5.91 Å². The maximum absolute atomic E-state index is 13.2. The van der Waals surface area contributed by atoms with Gasteiger partial charge in [-0.25, -0.2) is 4.39 Å². The monoisotopic (exact) mass is 303 g/mol. The van der Waals surface area contributed by atoms with Crippen molar-refractivity contribution in [2.45, 2.75) is 26.4 Å². The van der Waals surface area contributed by atoms with E-state index in [0.29, 0.717) is 37.1 Å². The molecule has 1 aromatic rings. The van der Waals surface area contributed by atoms with Crippen LogP contribution in [0.3, 0.4) is 0 Å². The third-order valence-corrected chi connectivity index (χ3v) is 4.14. The zero-order valence-electron chi connectivity index (χ0n) is 11.9. The van der Waals surface area contributed by atoms with E-state index in [1.807, 2.05) is 6.92 Å². The highest BCUT2D eigenvalue weighted by molar-refractivity contribution is 5.94. The lowest BCUT2D eigenvalue weighted by atomic mass is 9.88. The third-order valence-electron chi connectivity index (χ3n) is 4.14. The summed E-state index contributed by atoms with van der Waals surface area (Å²) in [5.74, 6) is -1.06. The second-order valence-electron chi connectivity index (χ2n) is 5.69. The number of hydrogen-bond donors (Lipinski definition) is 0. The average Bonchev–Trinajstić information content (AvgIpc) is 2.40. The van der Waals surface area contributed by atoms with Crippen LogP contribution in [0.15, 0.2) is 18.2 Å². The molecule has 0 radical (unpaired) electrons. The number of piperidine rings is 1. The summed E-state index contributed by atoms with van der Waals surface area (Å²) in [6.07, 6.45) is -3.98. The second kappa shape index (κ2) is 5.66. The van der Waals surface area contributed by atoms with Crippen molar-refractivity contribution in [2.75, 3.05) is 13.1 Å². The van der Waals surface area contributed by atoms with Gasteiger partial charge in [-0.3, -0.25) is 4.79 Å². The van der Waals surface area contributed by atoms with Gasteiger partial charge in [0.15, 0.2) is 0 Å². The molecule has 2 unspecified atom stereocenters. The number of benzene rings is 1. The van der Waals surface area contributed by atoms with Gasteiger partial charge < -0.3 is 4.90 Å². The van der Waals surface area contributed by atoms with Gasteiger partial charge in [0, 0.05) is 18.7 Å². The number of alkyl halides is 3. The molecular weight excluding hydrogens is 286 g/mol. The number of amides is 1. The Labute approximate surface area is 120 Å². The SMILES string of the molecule is CC1CCN(C(=O)c2ccc(F)c(C(F)(F)F)c2)CC1C. The van der Waals surface area contributed by atoms with Crippen LogP contribution >= 0.6 is 0 Å². The molecule has 1 aliphatic rings.